The second-order valence-electron chi connectivity index (χ2n) is 7.89. The zero-order valence-electron chi connectivity index (χ0n) is 17.6. The van der Waals surface area contributed by atoms with Crippen LogP contribution in [0, 0.1) is 19.3 Å². The number of Topliss-reactive ketones (excluding diaryl/α,β-unsaturated/α-hetero) is 1. The second kappa shape index (κ2) is 10.4. The lowest BCUT2D eigenvalue weighted by Gasteiger charge is -2.22. The van der Waals surface area contributed by atoms with Gasteiger partial charge in [0.2, 0.25) is 0 Å². The Morgan fingerprint density at radius 1 is 1.07 bits per heavy atom. The average Bonchev–Trinajstić information content (AvgIpc) is 2.69. The number of benzene rings is 2. The second-order valence-corrected chi connectivity index (χ2v) is 9.60. The van der Waals surface area contributed by atoms with Gasteiger partial charge in [0.15, 0.2) is 12.4 Å². The number of aryl methyl sites for hydroxylation is 2. The van der Waals surface area contributed by atoms with E-state index in [0.29, 0.717) is 34.0 Å². The van der Waals surface area contributed by atoms with E-state index in [1.807, 2.05) is 32.0 Å². The summed E-state index contributed by atoms with van der Waals surface area (Å²) in [5.41, 5.74) is 1.81. The molecule has 2 rings (SSSR count). The lowest BCUT2D eigenvalue weighted by Crippen LogP contribution is -2.29. The van der Waals surface area contributed by atoms with E-state index in [-0.39, 0.29) is 18.1 Å². The molecule has 0 fully saturated rings. The molecule has 0 aliphatic rings. The summed E-state index contributed by atoms with van der Waals surface area (Å²) < 4.78 is 11.9. The first-order valence-electron chi connectivity index (χ1n) is 9.60. The molecule has 0 saturated carbocycles. The Hall–Kier alpha value is -1.86. The highest BCUT2D eigenvalue weighted by atomic mass is 79.9. The number of halogens is 2. The van der Waals surface area contributed by atoms with Crippen LogP contribution in [0.5, 0.6) is 11.5 Å². The van der Waals surface area contributed by atoms with Crippen molar-refractivity contribution in [2.24, 2.45) is 5.41 Å². The summed E-state index contributed by atoms with van der Waals surface area (Å²) in [4.78, 5) is 24.8. The fourth-order valence-corrected chi connectivity index (χ4v) is 3.98. The predicted octanol–water partition coefficient (Wildman–Crippen LogP) is 6.15. The molecule has 0 unspecified atom stereocenters. The largest absolute Gasteiger partial charge is 0.506 e. The van der Waals surface area contributed by atoms with Crippen molar-refractivity contribution in [3.05, 3.63) is 56.0 Å². The van der Waals surface area contributed by atoms with Gasteiger partial charge in [0, 0.05) is 5.56 Å². The molecule has 162 valence electrons. The molecule has 2 aromatic rings. The Morgan fingerprint density at radius 2 is 1.70 bits per heavy atom. The Morgan fingerprint density at radius 3 is 2.33 bits per heavy atom. The molecule has 0 aromatic heterocycles. The van der Waals surface area contributed by atoms with Gasteiger partial charge in [-0.1, -0.05) is 12.1 Å². The fourth-order valence-electron chi connectivity index (χ4n) is 2.80. The Bertz CT molecular complexity index is 914. The monoisotopic (exact) mass is 540 g/mol. The van der Waals surface area contributed by atoms with Crippen molar-refractivity contribution in [2.75, 3.05) is 13.2 Å². The summed E-state index contributed by atoms with van der Waals surface area (Å²) in [5.74, 6) is 0.0817. The molecular formula is C23H26Br2O5. The summed E-state index contributed by atoms with van der Waals surface area (Å²) in [6.07, 6.45) is 1.25. The van der Waals surface area contributed by atoms with Crippen LogP contribution in [0.1, 0.15) is 48.2 Å². The molecule has 0 heterocycles. The first-order chi connectivity index (χ1) is 14.0. The first-order valence-corrected chi connectivity index (χ1v) is 11.2. The molecule has 0 atom stereocenters. The molecule has 0 aliphatic carbocycles. The number of ether oxygens (including phenoxy) is 2. The van der Waals surface area contributed by atoms with Crippen molar-refractivity contribution in [1.29, 1.82) is 0 Å². The van der Waals surface area contributed by atoms with Crippen LogP contribution in [0.3, 0.4) is 0 Å². The van der Waals surface area contributed by atoms with Crippen LogP contribution in [-0.2, 0) is 9.53 Å². The van der Waals surface area contributed by atoms with Crippen molar-refractivity contribution in [3.8, 4) is 11.5 Å². The van der Waals surface area contributed by atoms with E-state index in [4.69, 9.17) is 9.47 Å². The summed E-state index contributed by atoms with van der Waals surface area (Å²) >= 11 is 6.37. The van der Waals surface area contributed by atoms with Gasteiger partial charge in [0.1, 0.15) is 11.5 Å². The van der Waals surface area contributed by atoms with Crippen LogP contribution in [0.25, 0.3) is 0 Å². The van der Waals surface area contributed by atoms with Gasteiger partial charge in [-0.3, -0.25) is 9.59 Å². The number of phenols is 1. The quantitative estimate of drug-likeness (QED) is 0.234. The van der Waals surface area contributed by atoms with Crippen LogP contribution in [-0.4, -0.2) is 30.1 Å². The number of esters is 1. The van der Waals surface area contributed by atoms with Gasteiger partial charge >= 0.3 is 5.97 Å². The maximum atomic E-state index is 12.5. The van der Waals surface area contributed by atoms with Crippen LogP contribution >= 0.6 is 31.9 Å². The van der Waals surface area contributed by atoms with Crippen LogP contribution in [0.4, 0.5) is 0 Å². The number of ketones is 1. The number of carbonyl (C=O) groups is 2. The van der Waals surface area contributed by atoms with E-state index < -0.39 is 11.4 Å². The van der Waals surface area contributed by atoms with Crippen molar-refractivity contribution < 1.29 is 24.2 Å². The van der Waals surface area contributed by atoms with Gasteiger partial charge in [-0.05, 0) is 102 Å². The Kier molecular flexibility index (Phi) is 8.50. The van der Waals surface area contributed by atoms with E-state index in [9.17, 15) is 14.7 Å². The maximum absolute atomic E-state index is 12.5. The van der Waals surface area contributed by atoms with E-state index in [1.165, 1.54) is 12.1 Å². The standard InChI is InChI=1S/C23H26Br2O5/c1-14-6-7-15(2)20(10-14)29-9-5-8-23(3,4)22(28)30-13-19(26)16-11-17(24)21(27)18(25)12-16/h6-7,10-12,27H,5,8-9,13H2,1-4H3. The highest BCUT2D eigenvalue weighted by molar-refractivity contribution is 9.11. The first kappa shape index (κ1) is 24.4. The average molecular weight is 542 g/mol. The summed E-state index contributed by atoms with van der Waals surface area (Å²) in [6, 6.07) is 9.05. The summed E-state index contributed by atoms with van der Waals surface area (Å²) in [7, 11) is 0. The molecule has 0 spiro atoms. The molecule has 30 heavy (non-hydrogen) atoms. The minimum absolute atomic E-state index is 0.00718. The third-order valence-corrected chi connectivity index (χ3v) is 5.98. The third kappa shape index (κ3) is 6.57. The van der Waals surface area contributed by atoms with E-state index >= 15 is 0 Å². The van der Waals surface area contributed by atoms with Gasteiger partial charge in [-0.25, -0.2) is 0 Å². The molecule has 1 N–H and O–H groups in total. The Labute approximate surface area is 194 Å². The van der Waals surface area contributed by atoms with Crippen molar-refractivity contribution in [2.45, 2.75) is 40.5 Å². The van der Waals surface area contributed by atoms with Gasteiger partial charge in [0.05, 0.1) is 21.0 Å². The van der Waals surface area contributed by atoms with Gasteiger partial charge in [-0.2, -0.15) is 0 Å². The number of aromatic hydroxyl groups is 1. The maximum Gasteiger partial charge on any atom is 0.311 e. The molecule has 5 nitrogen and oxygen atoms in total. The van der Waals surface area contributed by atoms with Crippen molar-refractivity contribution in [3.63, 3.8) is 0 Å². The van der Waals surface area contributed by atoms with Crippen molar-refractivity contribution in [1.82, 2.24) is 0 Å². The highest BCUT2D eigenvalue weighted by Crippen LogP contribution is 2.33. The molecule has 0 radical (unpaired) electrons. The number of phenolic OH excluding ortho intramolecular Hbond substituents is 1. The SMILES string of the molecule is Cc1ccc(C)c(OCCCC(C)(C)C(=O)OCC(=O)c2cc(Br)c(O)c(Br)c2)c1. The van der Waals surface area contributed by atoms with E-state index in [2.05, 4.69) is 31.9 Å². The minimum Gasteiger partial charge on any atom is -0.506 e. The summed E-state index contributed by atoms with van der Waals surface area (Å²) in [5, 5.41) is 9.74. The normalized spacial score (nSPS) is 11.3. The minimum atomic E-state index is -0.735. The van der Waals surface area contributed by atoms with E-state index in [1.54, 1.807) is 13.8 Å². The molecular weight excluding hydrogens is 516 g/mol. The van der Waals surface area contributed by atoms with Gasteiger partial charge < -0.3 is 14.6 Å². The Balaban J connectivity index is 1.83. The van der Waals surface area contributed by atoms with E-state index in [0.717, 1.165) is 16.9 Å². The molecule has 2 aromatic carbocycles. The zero-order valence-corrected chi connectivity index (χ0v) is 20.7. The lowest BCUT2D eigenvalue weighted by atomic mass is 9.88. The molecule has 0 saturated heterocycles. The number of hydrogen-bond acceptors (Lipinski definition) is 5. The molecule has 0 amide bonds. The summed E-state index contributed by atoms with van der Waals surface area (Å²) in [6.45, 7) is 7.75. The highest BCUT2D eigenvalue weighted by Gasteiger charge is 2.29. The topological polar surface area (TPSA) is 72.8 Å². The number of carbonyl (C=O) groups excluding carboxylic acids is 2. The number of hydrogen-bond donors (Lipinski definition) is 1. The van der Waals surface area contributed by atoms with Gasteiger partial charge in [0.25, 0.3) is 0 Å². The third-order valence-electron chi connectivity index (χ3n) is 4.77. The smallest absolute Gasteiger partial charge is 0.311 e. The van der Waals surface area contributed by atoms with Crippen LogP contribution < -0.4 is 4.74 Å². The number of rotatable bonds is 9. The van der Waals surface area contributed by atoms with Crippen LogP contribution in [0.15, 0.2) is 39.3 Å². The molecule has 0 bridgehead atoms. The van der Waals surface area contributed by atoms with Crippen LogP contribution in [0.2, 0.25) is 0 Å². The molecule has 7 heteroatoms. The lowest BCUT2D eigenvalue weighted by molar-refractivity contribution is -0.153. The molecule has 0 aliphatic heterocycles. The van der Waals surface area contributed by atoms with Gasteiger partial charge in [-0.15, -0.1) is 0 Å². The fraction of sp³-hybridized carbons (Fsp3) is 0.391. The van der Waals surface area contributed by atoms with Crippen molar-refractivity contribution >= 4 is 43.6 Å². The predicted molar refractivity (Wildman–Crippen MR) is 123 cm³/mol. The zero-order chi connectivity index (χ0) is 22.5.